The van der Waals surface area contributed by atoms with E-state index < -0.39 is 10.0 Å². The van der Waals surface area contributed by atoms with Crippen molar-refractivity contribution in [1.29, 1.82) is 0 Å². The highest BCUT2D eigenvalue weighted by molar-refractivity contribution is 9.10. The van der Waals surface area contributed by atoms with Crippen LogP contribution in [0.4, 0.5) is 0 Å². The maximum atomic E-state index is 12.9. The van der Waals surface area contributed by atoms with Crippen molar-refractivity contribution in [2.45, 2.75) is 30.8 Å². The number of hydrogen-bond donors (Lipinski definition) is 0. The van der Waals surface area contributed by atoms with Crippen LogP contribution in [0, 0.1) is 0 Å². The number of hydrogen-bond acceptors (Lipinski definition) is 5. The molecule has 2 heterocycles. The van der Waals surface area contributed by atoms with Gasteiger partial charge in [0.2, 0.25) is 5.91 Å². The summed E-state index contributed by atoms with van der Waals surface area (Å²) in [7, 11) is -1.84. The molecular weight excluding hydrogens is 438 g/mol. The van der Waals surface area contributed by atoms with Gasteiger partial charge in [0, 0.05) is 48.5 Å². The van der Waals surface area contributed by atoms with E-state index in [0.29, 0.717) is 30.9 Å². The number of thiazole rings is 1. The number of amides is 1. The van der Waals surface area contributed by atoms with E-state index in [-0.39, 0.29) is 17.0 Å². The van der Waals surface area contributed by atoms with Crippen molar-refractivity contribution in [3.05, 3.63) is 34.1 Å². The summed E-state index contributed by atoms with van der Waals surface area (Å²) in [6, 6.07) is 7.71. The van der Waals surface area contributed by atoms with Gasteiger partial charge in [0.15, 0.2) is 5.03 Å². The predicted octanol–water partition coefficient (Wildman–Crippen LogP) is 3.20. The van der Waals surface area contributed by atoms with Crippen LogP contribution in [-0.2, 0) is 14.8 Å². The minimum atomic E-state index is -3.61. The molecule has 3 rings (SSSR count). The van der Waals surface area contributed by atoms with Gasteiger partial charge in [-0.2, -0.15) is 4.31 Å². The van der Waals surface area contributed by atoms with Crippen molar-refractivity contribution in [3.63, 3.8) is 0 Å². The Morgan fingerprint density at radius 1 is 1.27 bits per heavy atom. The molecule has 1 amide bonds. The third kappa shape index (κ3) is 4.00. The Balaban J connectivity index is 1.73. The topological polar surface area (TPSA) is 70.6 Å². The van der Waals surface area contributed by atoms with Crippen molar-refractivity contribution in [3.8, 4) is 10.6 Å². The fraction of sp³-hybridized carbons (Fsp3) is 0.412. The molecule has 6 nitrogen and oxygen atoms in total. The van der Waals surface area contributed by atoms with Crippen LogP contribution < -0.4 is 0 Å². The first-order valence-corrected chi connectivity index (χ1v) is 11.4. The van der Waals surface area contributed by atoms with Crippen LogP contribution in [0.15, 0.2) is 39.1 Å². The normalized spacial score (nSPS) is 16.6. The zero-order valence-corrected chi connectivity index (χ0v) is 17.8. The summed E-state index contributed by atoms with van der Waals surface area (Å²) >= 11 is 4.71. The maximum absolute atomic E-state index is 12.9. The molecule has 9 heteroatoms. The first kappa shape index (κ1) is 19.5. The van der Waals surface area contributed by atoms with Crippen molar-refractivity contribution < 1.29 is 13.2 Å². The van der Waals surface area contributed by atoms with Gasteiger partial charge in [-0.05, 0) is 25.0 Å². The van der Waals surface area contributed by atoms with Gasteiger partial charge in [-0.15, -0.1) is 11.3 Å². The van der Waals surface area contributed by atoms with Crippen LogP contribution in [0.1, 0.15) is 19.8 Å². The maximum Gasteiger partial charge on any atom is 0.261 e. The molecule has 1 fully saturated rings. The summed E-state index contributed by atoms with van der Waals surface area (Å²) in [4.78, 5) is 17.5. The monoisotopic (exact) mass is 457 g/mol. The molecule has 0 radical (unpaired) electrons. The average molecular weight is 458 g/mol. The zero-order valence-electron chi connectivity index (χ0n) is 14.6. The van der Waals surface area contributed by atoms with E-state index in [1.165, 1.54) is 22.6 Å². The predicted molar refractivity (Wildman–Crippen MR) is 105 cm³/mol. The minimum absolute atomic E-state index is 0.00458. The summed E-state index contributed by atoms with van der Waals surface area (Å²) in [6.45, 7) is 2.33. The van der Waals surface area contributed by atoms with Crippen LogP contribution in [0.3, 0.4) is 0 Å². The molecule has 1 aliphatic rings. The summed E-state index contributed by atoms with van der Waals surface area (Å²) in [5.41, 5.74) is 0.890. The van der Waals surface area contributed by atoms with Crippen molar-refractivity contribution in [2.24, 2.45) is 0 Å². The molecular formula is C17H20BrN3O3S2. The number of carbonyl (C=O) groups excluding carboxylic acids is 1. The lowest BCUT2D eigenvalue weighted by molar-refractivity contribution is -0.130. The quantitative estimate of drug-likeness (QED) is 0.706. The molecule has 26 heavy (non-hydrogen) atoms. The van der Waals surface area contributed by atoms with Gasteiger partial charge in [-0.3, -0.25) is 4.79 Å². The van der Waals surface area contributed by atoms with Gasteiger partial charge in [0.1, 0.15) is 5.01 Å². The highest BCUT2D eigenvalue weighted by Crippen LogP contribution is 2.29. The molecule has 0 atom stereocenters. The Hall–Kier alpha value is -1.29. The van der Waals surface area contributed by atoms with Crippen LogP contribution >= 0.6 is 27.3 Å². The first-order chi connectivity index (χ1) is 12.3. The number of halogens is 1. The summed E-state index contributed by atoms with van der Waals surface area (Å²) < 4.78 is 28.2. The molecule has 1 aromatic carbocycles. The van der Waals surface area contributed by atoms with Gasteiger partial charge in [0.05, 0.1) is 0 Å². The third-order valence-electron chi connectivity index (χ3n) is 4.65. The number of carbonyl (C=O) groups is 1. The standard InChI is InChI=1S/C17H20BrN3O3S2/c1-12(22)20(2)15-7-9-21(10-8-15)26(23,24)16-11-25-17(19-16)13-3-5-14(18)6-4-13/h3-6,11,15H,7-10H2,1-2H3. The molecule has 0 unspecified atom stereocenters. The fourth-order valence-corrected chi connectivity index (χ4v) is 5.77. The second-order valence-electron chi connectivity index (χ2n) is 6.26. The van der Waals surface area contributed by atoms with E-state index in [1.54, 1.807) is 17.3 Å². The molecule has 0 bridgehead atoms. The molecule has 0 saturated carbocycles. The summed E-state index contributed by atoms with van der Waals surface area (Å²) in [6.07, 6.45) is 1.28. The molecule has 0 aliphatic carbocycles. The number of piperidine rings is 1. The first-order valence-electron chi connectivity index (χ1n) is 8.24. The van der Waals surface area contributed by atoms with E-state index >= 15 is 0 Å². The van der Waals surface area contributed by atoms with Gasteiger partial charge in [-0.25, -0.2) is 13.4 Å². The number of rotatable bonds is 4. The van der Waals surface area contributed by atoms with Gasteiger partial charge in [0.25, 0.3) is 10.0 Å². The van der Waals surface area contributed by atoms with E-state index in [4.69, 9.17) is 0 Å². The zero-order chi connectivity index (χ0) is 18.9. The SMILES string of the molecule is CC(=O)N(C)C1CCN(S(=O)(=O)c2csc(-c3ccc(Br)cc3)n2)CC1. The van der Waals surface area contributed by atoms with E-state index in [9.17, 15) is 13.2 Å². The molecule has 1 aromatic heterocycles. The molecule has 0 spiro atoms. The second-order valence-corrected chi connectivity index (χ2v) is 9.92. The smallest absolute Gasteiger partial charge is 0.261 e. The van der Waals surface area contributed by atoms with Crippen LogP contribution in [-0.4, -0.2) is 54.7 Å². The van der Waals surface area contributed by atoms with Gasteiger partial charge >= 0.3 is 0 Å². The number of benzene rings is 1. The number of aromatic nitrogens is 1. The van der Waals surface area contributed by atoms with E-state index in [1.807, 2.05) is 24.3 Å². The Morgan fingerprint density at radius 3 is 2.46 bits per heavy atom. The highest BCUT2D eigenvalue weighted by Gasteiger charge is 2.32. The molecule has 1 saturated heterocycles. The van der Waals surface area contributed by atoms with Gasteiger partial charge < -0.3 is 4.90 Å². The van der Waals surface area contributed by atoms with E-state index in [0.717, 1.165) is 10.0 Å². The number of sulfonamides is 1. The second kappa shape index (κ2) is 7.75. The van der Waals surface area contributed by atoms with Crippen LogP contribution in [0.25, 0.3) is 10.6 Å². The summed E-state index contributed by atoms with van der Waals surface area (Å²) in [5, 5.41) is 2.38. The number of nitrogens with zero attached hydrogens (tertiary/aromatic N) is 3. The van der Waals surface area contributed by atoms with E-state index in [2.05, 4.69) is 20.9 Å². The Labute approximate surface area is 166 Å². The van der Waals surface area contributed by atoms with Crippen LogP contribution in [0.2, 0.25) is 0 Å². The molecule has 0 N–H and O–H groups in total. The lowest BCUT2D eigenvalue weighted by Gasteiger charge is -2.35. The van der Waals surface area contributed by atoms with Crippen molar-refractivity contribution in [1.82, 2.24) is 14.2 Å². The van der Waals surface area contributed by atoms with Crippen molar-refractivity contribution >= 4 is 43.2 Å². The largest absolute Gasteiger partial charge is 0.343 e. The Kier molecular flexibility index (Phi) is 5.81. The fourth-order valence-electron chi connectivity index (χ4n) is 2.96. The third-order valence-corrected chi connectivity index (χ3v) is 8.00. The lowest BCUT2D eigenvalue weighted by atomic mass is 10.1. The van der Waals surface area contributed by atoms with Crippen LogP contribution in [0.5, 0.6) is 0 Å². The Bertz CT molecular complexity index is 888. The van der Waals surface area contributed by atoms with Gasteiger partial charge in [-0.1, -0.05) is 28.1 Å². The minimum Gasteiger partial charge on any atom is -0.343 e. The molecule has 1 aliphatic heterocycles. The lowest BCUT2D eigenvalue weighted by Crippen LogP contribution is -2.46. The Morgan fingerprint density at radius 2 is 1.88 bits per heavy atom. The highest BCUT2D eigenvalue weighted by atomic mass is 79.9. The summed E-state index contributed by atoms with van der Waals surface area (Å²) in [5.74, 6) is 0.00458. The molecule has 2 aromatic rings. The molecule has 140 valence electrons. The van der Waals surface area contributed by atoms with Crippen molar-refractivity contribution in [2.75, 3.05) is 20.1 Å². The average Bonchev–Trinajstić information content (AvgIpc) is 3.12.